The normalized spacial score (nSPS) is 14.0. The second-order valence-electron chi connectivity index (χ2n) is 6.78. The summed E-state index contributed by atoms with van der Waals surface area (Å²) >= 11 is 3.32. The fourth-order valence-electron chi connectivity index (χ4n) is 3.15. The van der Waals surface area contributed by atoms with Crippen LogP contribution in [0.2, 0.25) is 0 Å². The molecule has 6 nitrogen and oxygen atoms in total. The Balaban J connectivity index is 1.38. The van der Waals surface area contributed by atoms with E-state index in [9.17, 15) is 9.59 Å². The number of rotatable bonds is 5. The fraction of sp³-hybridized carbons (Fsp3) is 0.286. The maximum Gasteiger partial charge on any atom is 0.253 e. The van der Waals surface area contributed by atoms with E-state index in [0.29, 0.717) is 22.7 Å². The third kappa shape index (κ3) is 4.71. The van der Waals surface area contributed by atoms with Gasteiger partial charge in [0.05, 0.1) is 18.4 Å². The molecule has 1 aliphatic rings. The number of aromatic nitrogens is 1. The highest BCUT2D eigenvalue weighted by atomic mass is 32.2. The van der Waals surface area contributed by atoms with E-state index >= 15 is 0 Å². The monoisotopic (exact) mass is 427 g/mol. The summed E-state index contributed by atoms with van der Waals surface area (Å²) in [5.41, 5.74) is 2.94. The van der Waals surface area contributed by atoms with E-state index in [-0.39, 0.29) is 18.2 Å². The van der Waals surface area contributed by atoms with Crippen molar-refractivity contribution >= 4 is 40.6 Å². The summed E-state index contributed by atoms with van der Waals surface area (Å²) in [6.07, 6.45) is 1.79. The molecule has 0 bridgehead atoms. The zero-order chi connectivity index (χ0) is 20.2. The van der Waals surface area contributed by atoms with E-state index in [0.717, 1.165) is 35.2 Å². The van der Waals surface area contributed by atoms with Crippen LogP contribution in [-0.2, 0) is 11.2 Å². The first-order chi connectivity index (χ1) is 14.1. The van der Waals surface area contributed by atoms with Gasteiger partial charge in [0.1, 0.15) is 0 Å². The number of nitrogens with one attached hydrogen (secondary N) is 1. The van der Waals surface area contributed by atoms with Gasteiger partial charge < -0.3 is 14.6 Å². The Hall–Kier alpha value is -2.58. The molecule has 2 aromatic heterocycles. The van der Waals surface area contributed by atoms with E-state index < -0.39 is 0 Å². The summed E-state index contributed by atoms with van der Waals surface area (Å²) in [4.78, 5) is 31.4. The second-order valence-corrected chi connectivity index (χ2v) is 8.86. The lowest BCUT2D eigenvalue weighted by Crippen LogP contribution is -2.37. The van der Waals surface area contributed by atoms with Crippen molar-refractivity contribution in [2.75, 3.05) is 29.9 Å². The van der Waals surface area contributed by atoms with E-state index in [1.54, 1.807) is 18.4 Å². The molecule has 1 saturated heterocycles. The van der Waals surface area contributed by atoms with E-state index in [1.165, 1.54) is 11.3 Å². The smallest absolute Gasteiger partial charge is 0.253 e. The molecule has 1 aromatic carbocycles. The van der Waals surface area contributed by atoms with Gasteiger partial charge in [0.25, 0.3) is 5.91 Å². The highest BCUT2D eigenvalue weighted by Gasteiger charge is 2.19. The van der Waals surface area contributed by atoms with E-state index in [4.69, 9.17) is 4.42 Å². The summed E-state index contributed by atoms with van der Waals surface area (Å²) in [5.74, 6) is 2.58. The van der Waals surface area contributed by atoms with Gasteiger partial charge in [-0.3, -0.25) is 9.59 Å². The Labute approximate surface area is 177 Å². The Morgan fingerprint density at radius 1 is 1.24 bits per heavy atom. The first-order valence-electron chi connectivity index (χ1n) is 9.36. The van der Waals surface area contributed by atoms with Gasteiger partial charge in [-0.2, -0.15) is 11.8 Å². The van der Waals surface area contributed by atoms with Gasteiger partial charge in [-0.25, -0.2) is 4.98 Å². The maximum absolute atomic E-state index is 12.6. The molecule has 0 spiro atoms. The molecular formula is C21H21N3O3S2. The van der Waals surface area contributed by atoms with Crippen LogP contribution < -0.4 is 5.32 Å². The van der Waals surface area contributed by atoms with Gasteiger partial charge in [0, 0.05) is 41.2 Å². The van der Waals surface area contributed by atoms with E-state index in [2.05, 4.69) is 10.3 Å². The zero-order valence-corrected chi connectivity index (χ0v) is 17.6. The molecule has 150 valence electrons. The lowest BCUT2D eigenvalue weighted by atomic mass is 10.1. The molecule has 0 saturated carbocycles. The Morgan fingerprint density at radius 3 is 2.79 bits per heavy atom. The van der Waals surface area contributed by atoms with Crippen LogP contribution in [-0.4, -0.2) is 46.3 Å². The predicted molar refractivity (Wildman–Crippen MR) is 117 cm³/mol. The highest BCUT2D eigenvalue weighted by Crippen LogP contribution is 2.24. The first-order valence-corrected chi connectivity index (χ1v) is 11.4. The van der Waals surface area contributed by atoms with Crippen LogP contribution in [0.4, 0.5) is 5.69 Å². The van der Waals surface area contributed by atoms with Crippen molar-refractivity contribution in [1.29, 1.82) is 0 Å². The first kappa shape index (κ1) is 19.7. The van der Waals surface area contributed by atoms with Crippen LogP contribution in [0.1, 0.15) is 21.6 Å². The molecule has 3 heterocycles. The number of furan rings is 1. The highest BCUT2D eigenvalue weighted by molar-refractivity contribution is 7.99. The molecule has 2 amide bonds. The average Bonchev–Trinajstić information content (AvgIpc) is 3.41. The average molecular weight is 428 g/mol. The summed E-state index contributed by atoms with van der Waals surface area (Å²) in [6, 6.07) is 9.08. The molecule has 0 unspecified atom stereocenters. The number of amides is 2. The fourth-order valence-corrected chi connectivity index (χ4v) is 4.84. The van der Waals surface area contributed by atoms with E-state index in [1.807, 2.05) is 47.2 Å². The maximum atomic E-state index is 12.6. The van der Waals surface area contributed by atoms with Crippen LogP contribution >= 0.6 is 23.1 Å². The zero-order valence-electron chi connectivity index (χ0n) is 16.0. The molecule has 0 radical (unpaired) electrons. The quantitative estimate of drug-likeness (QED) is 0.664. The standard InChI is InChI=1S/C21H21N3O3S2/c1-14-11-15(21(26)24-6-9-28-10-7-24)4-5-17(14)23-19(25)12-16-13-29-20(22-16)18-3-2-8-27-18/h2-5,8,11,13H,6-7,9-10,12H2,1H3,(H,23,25). The largest absolute Gasteiger partial charge is 0.462 e. The molecule has 0 atom stereocenters. The third-order valence-corrected chi connectivity index (χ3v) is 6.52. The lowest BCUT2D eigenvalue weighted by molar-refractivity contribution is -0.115. The van der Waals surface area contributed by atoms with Crippen LogP contribution in [0.15, 0.2) is 46.4 Å². The Kier molecular flexibility index (Phi) is 6.01. The van der Waals surface area contributed by atoms with Gasteiger partial charge in [-0.1, -0.05) is 0 Å². The van der Waals surface area contributed by atoms with Crippen LogP contribution in [0.3, 0.4) is 0 Å². The minimum Gasteiger partial charge on any atom is -0.462 e. The molecule has 1 aliphatic heterocycles. The molecule has 4 rings (SSSR count). The molecule has 1 fully saturated rings. The molecule has 1 N–H and O–H groups in total. The van der Waals surface area contributed by atoms with Crippen molar-refractivity contribution in [3.8, 4) is 10.8 Å². The second kappa shape index (κ2) is 8.84. The number of aryl methyl sites for hydroxylation is 1. The third-order valence-electron chi connectivity index (χ3n) is 4.67. The van der Waals surface area contributed by atoms with Crippen molar-refractivity contribution in [2.45, 2.75) is 13.3 Å². The van der Waals surface area contributed by atoms with Gasteiger partial charge in [-0.05, 0) is 42.8 Å². The van der Waals surface area contributed by atoms with Crippen molar-refractivity contribution in [3.63, 3.8) is 0 Å². The van der Waals surface area contributed by atoms with Gasteiger partial charge >= 0.3 is 0 Å². The molecule has 29 heavy (non-hydrogen) atoms. The molecule has 8 heteroatoms. The van der Waals surface area contributed by atoms with Gasteiger partial charge in [0.15, 0.2) is 10.8 Å². The summed E-state index contributed by atoms with van der Waals surface area (Å²) in [7, 11) is 0. The SMILES string of the molecule is Cc1cc(C(=O)N2CCSCC2)ccc1NC(=O)Cc1csc(-c2ccco2)n1. The summed E-state index contributed by atoms with van der Waals surface area (Å²) in [5, 5.41) is 5.54. The lowest BCUT2D eigenvalue weighted by Gasteiger charge is -2.26. The number of carbonyl (C=O) groups excluding carboxylic acids is 2. The van der Waals surface area contributed by atoms with Gasteiger partial charge in [0.2, 0.25) is 5.91 Å². The number of carbonyl (C=O) groups is 2. The van der Waals surface area contributed by atoms with Crippen LogP contribution in [0, 0.1) is 6.92 Å². The van der Waals surface area contributed by atoms with Crippen molar-refractivity contribution in [2.24, 2.45) is 0 Å². The molecule has 3 aromatic rings. The molecule has 0 aliphatic carbocycles. The number of thioether (sulfide) groups is 1. The predicted octanol–water partition coefficient (Wildman–Crippen LogP) is 4.08. The van der Waals surface area contributed by atoms with Crippen molar-refractivity contribution in [3.05, 3.63) is 58.8 Å². The number of hydrogen-bond acceptors (Lipinski definition) is 6. The van der Waals surface area contributed by atoms with Gasteiger partial charge in [-0.15, -0.1) is 11.3 Å². The van der Waals surface area contributed by atoms with Crippen molar-refractivity contribution in [1.82, 2.24) is 9.88 Å². The number of hydrogen-bond donors (Lipinski definition) is 1. The minimum atomic E-state index is -0.142. The Morgan fingerprint density at radius 2 is 2.07 bits per heavy atom. The van der Waals surface area contributed by atoms with Crippen LogP contribution in [0.5, 0.6) is 0 Å². The molecular weight excluding hydrogens is 406 g/mol. The Bertz CT molecular complexity index is 1010. The number of thiazole rings is 1. The van der Waals surface area contributed by atoms with Crippen molar-refractivity contribution < 1.29 is 14.0 Å². The summed E-state index contributed by atoms with van der Waals surface area (Å²) in [6.45, 7) is 3.47. The number of anilines is 1. The van der Waals surface area contributed by atoms with Crippen LogP contribution in [0.25, 0.3) is 10.8 Å². The topological polar surface area (TPSA) is 75.4 Å². The number of benzene rings is 1. The summed E-state index contributed by atoms with van der Waals surface area (Å²) < 4.78 is 5.34. The number of nitrogens with zero attached hydrogens (tertiary/aromatic N) is 2. The minimum absolute atomic E-state index is 0.0548.